The number of hydrogen-bond donors (Lipinski definition) is 1. The molecule has 0 aliphatic carbocycles. The fourth-order valence-corrected chi connectivity index (χ4v) is 3.50. The van der Waals surface area contributed by atoms with Crippen LogP contribution in [0.4, 0.5) is 0 Å². The number of hydrogen-bond acceptors (Lipinski definition) is 4. The van der Waals surface area contributed by atoms with Crippen molar-refractivity contribution >= 4 is 11.3 Å². The lowest BCUT2D eigenvalue weighted by molar-refractivity contribution is 0.271. The summed E-state index contributed by atoms with van der Waals surface area (Å²) in [7, 11) is 2.23. The lowest BCUT2D eigenvalue weighted by atomic mass is 10.3. The lowest BCUT2D eigenvalue weighted by Gasteiger charge is -2.18. The number of nitrogens with one attached hydrogen (secondary N) is 1. The first-order chi connectivity index (χ1) is 9.28. The average Bonchev–Trinajstić information content (AvgIpc) is 2.73. The highest BCUT2D eigenvalue weighted by Gasteiger charge is 2.13. The molecule has 1 N–H and O–H groups in total. The number of thiophene rings is 1. The fourth-order valence-electron chi connectivity index (χ4n) is 2.47. The first-order valence-electron chi connectivity index (χ1n) is 7.47. The summed E-state index contributed by atoms with van der Waals surface area (Å²) in [5.74, 6) is 0. The Morgan fingerprint density at radius 3 is 2.84 bits per heavy atom. The molecule has 1 saturated heterocycles. The van der Waals surface area contributed by atoms with Gasteiger partial charge in [0.05, 0.1) is 0 Å². The molecule has 3 nitrogen and oxygen atoms in total. The molecule has 0 atom stereocenters. The van der Waals surface area contributed by atoms with Crippen LogP contribution in [0, 0.1) is 0 Å². The second-order valence-electron chi connectivity index (χ2n) is 5.48. The summed E-state index contributed by atoms with van der Waals surface area (Å²) in [4.78, 5) is 8.01. The lowest BCUT2D eigenvalue weighted by Crippen LogP contribution is -2.28. The average molecular weight is 281 g/mol. The summed E-state index contributed by atoms with van der Waals surface area (Å²) < 4.78 is 0. The second kappa shape index (κ2) is 8.00. The van der Waals surface area contributed by atoms with Crippen molar-refractivity contribution in [3.63, 3.8) is 0 Å². The van der Waals surface area contributed by atoms with E-state index in [9.17, 15) is 0 Å². The molecule has 19 heavy (non-hydrogen) atoms. The molecule has 0 bridgehead atoms. The van der Waals surface area contributed by atoms with Crippen molar-refractivity contribution in [2.24, 2.45) is 0 Å². The van der Waals surface area contributed by atoms with Crippen molar-refractivity contribution in [2.75, 3.05) is 39.8 Å². The molecule has 0 spiro atoms. The van der Waals surface area contributed by atoms with Crippen LogP contribution in [-0.2, 0) is 13.1 Å². The molecular weight excluding hydrogens is 254 g/mol. The van der Waals surface area contributed by atoms with Crippen molar-refractivity contribution in [2.45, 2.75) is 32.9 Å². The standard InChI is InChI=1S/C15H27N3S/c1-3-7-16-12-14-5-6-15(19-14)13-18-9-4-8-17(2)10-11-18/h5-6,16H,3-4,7-13H2,1-2H3. The van der Waals surface area contributed by atoms with Gasteiger partial charge in [-0.3, -0.25) is 4.90 Å². The highest BCUT2D eigenvalue weighted by molar-refractivity contribution is 7.11. The molecule has 1 fully saturated rings. The van der Waals surface area contributed by atoms with Gasteiger partial charge in [0.25, 0.3) is 0 Å². The van der Waals surface area contributed by atoms with E-state index in [0.717, 1.165) is 19.6 Å². The smallest absolute Gasteiger partial charge is 0.0328 e. The maximum atomic E-state index is 3.47. The van der Waals surface area contributed by atoms with E-state index in [1.165, 1.54) is 48.8 Å². The summed E-state index contributed by atoms with van der Waals surface area (Å²) >= 11 is 1.97. The first-order valence-corrected chi connectivity index (χ1v) is 8.29. The Hall–Kier alpha value is -0.420. The van der Waals surface area contributed by atoms with Crippen LogP contribution in [0.5, 0.6) is 0 Å². The number of rotatable bonds is 6. The van der Waals surface area contributed by atoms with Crippen LogP contribution in [0.2, 0.25) is 0 Å². The molecule has 2 rings (SSSR count). The molecule has 1 aromatic rings. The van der Waals surface area contributed by atoms with Gasteiger partial charge >= 0.3 is 0 Å². The Kier molecular flexibility index (Phi) is 6.31. The van der Waals surface area contributed by atoms with Crippen molar-refractivity contribution in [3.8, 4) is 0 Å². The van der Waals surface area contributed by atoms with Crippen LogP contribution in [0.1, 0.15) is 29.5 Å². The monoisotopic (exact) mass is 281 g/mol. The Labute approximate surface area is 121 Å². The maximum Gasteiger partial charge on any atom is 0.0328 e. The maximum absolute atomic E-state index is 3.47. The van der Waals surface area contributed by atoms with Gasteiger partial charge in [-0.1, -0.05) is 6.92 Å². The van der Waals surface area contributed by atoms with Crippen LogP contribution in [0.15, 0.2) is 12.1 Å². The minimum Gasteiger partial charge on any atom is -0.312 e. The highest BCUT2D eigenvalue weighted by atomic mass is 32.1. The Morgan fingerprint density at radius 2 is 2.00 bits per heavy atom. The van der Waals surface area contributed by atoms with Gasteiger partial charge in [-0.15, -0.1) is 11.3 Å². The van der Waals surface area contributed by atoms with Gasteiger partial charge in [0.2, 0.25) is 0 Å². The summed E-state index contributed by atoms with van der Waals surface area (Å²) in [6, 6.07) is 4.59. The van der Waals surface area contributed by atoms with Gasteiger partial charge < -0.3 is 10.2 Å². The second-order valence-corrected chi connectivity index (χ2v) is 6.73. The molecule has 1 aliphatic heterocycles. The van der Waals surface area contributed by atoms with E-state index in [4.69, 9.17) is 0 Å². The summed E-state index contributed by atoms with van der Waals surface area (Å²) in [6.07, 6.45) is 2.51. The quantitative estimate of drug-likeness (QED) is 0.808. The van der Waals surface area contributed by atoms with Crippen molar-refractivity contribution < 1.29 is 0 Å². The van der Waals surface area contributed by atoms with Crippen LogP contribution in [-0.4, -0.2) is 49.6 Å². The molecular formula is C15H27N3S. The number of likely N-dealkylation sites (N-methyl/N-ethyl adjacent to an activating group) is 1. The summed E-state index contributed by atoms with van der Waals surface area (Å²) in [6.45, 7) is 10.4. The van der Waals surface area contributed by atoms with E-state index in [-0.39, 0.29) is 0 Å². The molecule has 0 saturated carbocycles. The van der Waals surface area contributed by atoms with E-state index in [2.05, 4.69) is 41.2 Å². The van der Waals surface area contributed by atoms with Crippen LogP contribution < -0.4 is 5.32 Å². The highest BCUT2D eigenvalue weighted by Crippen LogP contribution is 2.19. The minimum absolute atomic E-state index is 1.03. The Balaban J connectivity index is 1.78. The molecule has 1 aromatic heterocycles. The van der Waals surface area contributed by atoms with Gasteiger partial charge in [0, 0.05) is 35.9 Å². The molecule has 4 heteroatoms. The van der Waals surface area contributed by atoms with E-state index in [0.29, 0.717) is 0 Å². The van der Waals surface area contributed by atoms with Gasteiger partial charge in [-0.25, -0.2) is 0 Å². The first kappa shape index (κ1) is 15.0. The molecule has 0 unspecified atom stereocenters. The van der Waals surface area contributed by atoms with Gasteiger partial charge in [-0.05, 0) is 51.7 Å². The summed E-state index contributed by atoms with van der Waals surface area (Å²) in [5, 5.41) is 3.47. The predicted octanol–water partition coefficient (Wildman–Crippen LogP) is 2.39. The third-order valence-electron chi connectivity index (χ3n) is 3.63. The van der Waals surface area contributed by atoms with E-state index in [1.54, 1.807) is 0 Å². The number of nitrogens with zero attached hydrogens (tertiary/aromatic N) is 2. The predicted molar refractivity (Wildman–Crippen MR) is 83.7 cm³/mol. The van der Waals surface area contributed by atoms with Crippen LogP contribution in [0.3, 0.4) is 0 Å². The SMILES string of the molecule is CCCNCc1ccc(CN2CCCN(C)CC2)s1. The van der Waals surface area contributed by atoms with Gasteiger partial charge in [0.1, 0.15) is 0 Å². The van der Waals surface area contributed by atoms with Gasteiger partial charge in [-0.2, -0.15) is 0 Å². The van der Waals surface area contributed by atoms with Crippen LogP contribution >= 0.6 is 11.3 Å². The van der Waals surface area contributed by atoms with Crippen LogP contribution in [0.25, 0.3) is 0 Å². The fraction of sp³-hybridized carbons (Fsp3) is 0.733. The van der Waals surface area contributed by atoms with Crippen molar-refractivity contribution in [1.29, 1.82) is 0 Å². The zero-order valence-corrected chi connectivity index (χ0v) is 13.1. The molecule has 0 radical (unpaired) electrons. The van der Waals surface area contributed by atoms with Gasteiger partial charge in [0.15, 0.2) is 0 Å². The Bertz CT molecular complexity index is 364. The zero-order chi connectivity index (χ0) is 13.5. The topological polar surface area (TPSA) is 18.5 Å². The third-order valence-corrected chi connectivity index (χ3v) is 4.70. The van der Waals surface area contributed by atoms with Crippen molar-refractivity contribution in [3.05, 3.63) is 21.9 Å². The zero-order valence-electron chi connectivity index (χ0n) is 12.3. The largest absolute Gasteiger partial charge is 0.312 e. The van der Waals surface area contributed by atoms with E-state index in [1.807, 2.05) is 11.3 Å². The minimum atomic E-state index is 1.03. The van der Waals surface area contributed by atoms with Crippen molar-refractivity contribution in [1.82, 2.24) is 15.1 Å². The molecule has 2 heterocycles. The molecule has 0 amide bonds. The summed E-state index contributed by atoms with van der Waals surface area (Å²) in [5.41, 5.74) is 0. The normalized spacial score (nSPS) is 18.6. The van der Waals surface area contributed by atoms with E-state index < -0.39 is 0 Å². The molecule has 1 aliphatic rings. The Morgan fingerprint density at radius 1 is 1.16 bits per heavy atom. The molecule has 0 aromatic carbocycles. The molecule has 108 valence electrons. The third kappa shape index (κ3) is 5.22. The van der Waals surface area contributed by atoms with E-state index >= 15 is 0 Å².